The fourth-order valence-corrected chi connectivity index (χ4v) is 1.54. The minimum Gasteiger partial charge on any atom is -0.481 e. The molecule has 1 rings (SSSR count). The summed E-state index contributed by atoms with van der Waals surface area (Å²) >= 11 is 0. The molecule has 18 heavy (non-hydrogen) atoms. The first-order chi connectivity index (χ1) is 8.34. The number of benzene rings is 1. The SMILES string of the molecule is CC(C)c1ccc(OC(CCN)C(F)(F)F)cc1. The van der Waals surface area contributed by atoms with Gasteiger partial charge in [-0.05, 0) is 30.2 Å². The van der Waals surface area contributed by atoms with Crippen molar-refractivity contribution < 1.29 is 17.9 Å². The van der Waals surface area contributed by atoms with E-state index < -0.39 is 12.3 Å². The molecule has 1 aromatic carbocycles. The predicted molar refractivity (Wildman–Crippen MR) is 64.7 cm³/mol. The molecule has 0 spiro atoms. The number of halogens is 3. The average molecular weight is 261 g/mol. The van der Waals surface area contributed by atoms with Crippen LogP contribution >= 0.6 is 0 Å². The van der Waals surface area contributed by atoms with Crippen molar-refractivity contribution in [2.24, 2.45) is 5.73 Å². The third-order valence-electron chi connectivity index (χ3n) is 2.62. The number of ether oxygens (including phenoxy) is 1. The number of alkyl halides is 3. The summed E-state index contributed by atoms with van der Waals surface area (Å²) < 4.78 is 42.8. The van der Waals surface area contributed by atoms with Gasteiger partial charge >= 0.3 is 6.18 Å². The van der Waals surface area contributed by atoms with E-state index in [1.807, 2.05) is 13.8 Å². The Morgan fingerprint density at radius 2 is 1.72 bits per heavy atom. The van der Waals surface area contributed by atoms with Gasteiger partial charge in [-0.3, -0.25) is 0 Å². The molecular formula is C13H18F3NO. The maximum atomic E-state index is 12.6. The Kier molecular flexibility index (Phi) is 5.02. The molecular weight excluding hydrogens is 243 g/mol. The largest absolute Gasteiger partial charge is 0.481 e. The van der Waals surface area contributed by atoms with E-state index in [1.165, 1.54) is 0 Å². The van der Waals surface area contributed by atoms with Gasteiger partial charge in [0.05, 0.1) is 0 Å². The summed E-state index contributed by atoms with van der Waals surface area (Å²) in [6.45, 7) is 3.97. The van der Waals surface area contributed by atoms with E-state index >= 15 is 0 Å². The predicted octanol–water partition coefficient (Wildman–Crippen LogP) is 3.47. The zero-order valence-electron chi connectivity index (χ0n) is 10.5. The Balaban J connectivity index is 2.75. The third-order valence-corrected chi connectivity index (χ3v) is 2.62. The summed E-state index contributed by atoms with van der Waals surface area (Å²) in [5.41, 5.74) is 6.22. The smallest absolute Gasteiger partial charge is 0.425 e. The van der Waals surface area contributed by atoms with Gasteiger partial charge in [0.2, 0.25) is 0 Å². The topological polar surface area (TPSA) is 35.2 Å². The molecule has 0 bridgehead atoms. The third kappa shape index (κ3) is 4.22. The summed E-state index contributed by atoms with van der Waals surface area (Å²) in [5.74, 6) is 0.552. The van der Waals surface area contributed by atoms with Crippen molar-refractivity contribution in [2.45, 2.75) is 38.5 Å². The van der Waals surface area contributed by atoms with E-state index in [2.05, 4.69) is 0 Å². The molecule has 2 nitrogen and oxygen atoms in total. The summed E-state index contributed by atoms with van der Waals surface area (Å²) in [5, 5.41) is 0. The van der Waals surface area contributed by atoms with Crippen molar-refractivity contribution >= 4 is 0 Å². The van der Waals surface area contributed by atoms with Crippen molar-refractivity contribution in [3.05, 3.63) is 29.8 Å². The van der Waals surface area contributed by atoms with Gasteiger partial charge in [-0.2, -0.15) is 13.2 Å². The number of hydrogen-bond acceptors (Lipinski definition) is 2. The van der Waals surface area contributed by atoms with Crippen LogP contribution in [0.3, 0.4) is 0 Å². The van der Waals surface area contributed by atoms with E-state index in [0.717, 1.165) is 5.56 Å². The second-order valence-electron chi connectivity index (χ2n) is 4.45. The van der Waals surface area contributed by atoms with Gasteiger partial charge in [-0.1, -0.05) is 26.0 Å². The van der Waals surface area contributed by atoms with Crippen LogP contribution in [0.2, 0.25) is 0 Å². The van der Waals surface area contributed by atoms with Crippen LogP contribution in [0.4, 0.5) is 13.2 Å². The lowest BCUT2D eigenvalue weighted by Gasteiger charge is -2.21. The summed E-state index contributed by atoms with van der Waals surface area (Å²) in [7, 11) is 0. The van der Waals surface area contributed by atoms with Gasteiger partial charge in [-0.15, -0.1) is 0 Å². The average Bonchev–Trinajstić information content (AvgIpc) is 2.28. The minimum atomic E-state index is -4.39. The molecule has 102 valence electrons. The molecule has 0 aliphatic rings. The molecule has 0 amide bonds. The monoisotopic (exact) mass is 261 g/mol. The molecule has 1 atom stereocenters. The lowest BCUT2D eigenvalue weighted by Crippen LogP contribution is -2.36. The number of nitrogens with two attached hydrogens (primary N) is 1. The Hall–Kier alpha value is -1.23. The van der Waals surface area contributed by atoms with Crippen LogP contribution in [-0.4, -0.2) is 18.8 Å². The second kappa shape index (κ2) is 6.09. The molecule has 1 unspecified atom stereocenters. The molecule has 2 N–H and O–H groups in total. The zero-order valence-corrected chi connectivity index (χ0v) is 10.5. The number of rotatable bonds is 5. The Morgan fingerprint density at radius 3 is 2.11 bits per heavy atom. The Bertz CT molecular complexity index is 359. The van der Waals surface area contributed by atoms with E-state index in [-0.39, 0.29) is 18.7 Å². The van der Waals surface area contributed by atoms with Crippen LogP contribution in [-0.2, 0) is 0 Å². The van der Waals surface area contributed by atoms with Crippen LogP contribution in [0.15, 0.2) is 24.3 Å². The molecule has 5 heteroatoms. The van der Waals surface area contributed by atoms with Crippen molar-refractivity contribution in [3.8, 4) is 5.75 Å². The molecule has 0 fully saturated rings. The lowest BCUT2D eigenvalue weighted by molar-refractivity contribution is -0.196. The minimum absolute atomic E-state index is 0.0613. The fourth-order valence-electron chi connectivity index (χ4n) is 1.54. The maximum Gasteiger partial charge on any atom is 0.425 e. The maximum absolute atomic E-state index is 12.6. The van der Waals surface area contributed by atoms with Crippen molar-refractivity contribution in [3.63, 3.8) is 0 Å². The Morgan fingerprint density at radius 1 is 1.17 bits per heavy atom. The van der Waals surface area contributed by atoms with E-state index in [4.69, 9.17) is 10.5 Å². The fraction of sp³-hybridized carbons (Fsp3) is 0.538. The zero-order chi connectivity index (χ0) is 13.8. The van der Waals surface area contributed by atoms with Crippen LogP contribution in [0, 0.1) is 0 Å². The van der Waals surface area contributed by atoms with Gasteiger partial charge in [0.15, 0.2) is 6.10 Å². The van der Waals surface area contributed by atoms with Crippen LogP contribution in [0.25, 0.3) is 0 Å². The molecule has 0 saturated carbocycles. The molecule has 0 aliphatic carbocycles. The van der Waals surface area contributed by atoms with Crippen molar-refractivity contribution in [2.75, 3.05) is 6.54 Å². The standard InChI is InChI=1S/C13H18F3NO/c1-9(2)10-3-5-11(6-4-10)18-12(7-8-17)13(14,15)16/h3-6,9,12H,7-8,17H2,1-2H3. The van der Waals surface area contributed by atoms with Gasteiger partial charge in [0, 0.05) is 6.42 Å². The van der Waals surface area contributed by atoms with Crippen LogP contribution in [0.5, 0.6) is 5.75 Å². The molecule has 0 saturated heterocycles. The first-order valence-electron chi connectivity index (χ1n) is 5.88. The van der Waals surface area contributed by atoms with Crippen LogP contribution in [0.1, 0.15) is 31.7 Å². The first kappa shape index (κ1) is 14.8. The van der Waals surface area contributed by atoms with Crippen molar-refractivity contribution in [1.82, 2.24) is 0 Å². The van der Waals surface area contributed by atoms with Crippen molar-refractivity contribution in [1.29, 1.82) is 0 Å². The summed E-state index contributed by atoms with van der Waals surface area (Å²) in [6.07, 6.45) is -6.47. The highest BCUT2D eigenvalue weighted by molar-refractivity contribution is 5.29. The summed E-state index contributed by atoms with van der Waals surface area (Å²) in [6, 6.07) is 6.67. The van der Waals surface area contributed by atoms with E-state index in [0.29, 0.717) is 5.92 Å². The molecule has 0 aromatic heterocycles. The van der Waals surface area contributed by atoms with Gasteiger partial charge in [0.1, 0.15) is 5.75 Å². The summed E-state index contributed by atoms with van der Waals surface area (Å²) in [4.78, 5) is 0. The quantitative estimate of drug-likeness (QED) is 0.880. The second-order valence-corrected chi connectivity index (χ2v) is 4.45. The molecule has 0 heterocycles. The van der Waals surface area contributed by atoms with E-state index in [9.17, 15) is 13.2 Å². The highest BCUT2D eigenvalue weighted by Gasteiger charge is 2.41. The highest BCUT2D eigenvalue weighted by atomic mass is 19.4. The van der Waals surface area contributed by atoms with E-state index in [1.54, 1.807) is 24.3 Å². The molecule has 0 radical (unpaired) electrons. The normalized spacial score (nSPS) is 13.7. The van der Waals surface area contributed by atoms with Gasteiger partial charge < -0.3 is 10.5 Å². The number of hydrogen-bond donors (Lipinski definition) is 1. The highest BCUT2D eigenvalue weighted by Crippen LogP contribution is 2.28. The Labute approximate surface area is 105 Å². The van der Waals surface area contributed by atoms with Gasteiger partial charge in [-0.25, -0.2) is 0 Å². The lowest BCUT2D eigenvalue weighted by atomic mass is 10.0. The molecule has 0 aliphatic heterocycles. The first-order valence-corrected chi connectivity index (χ1v) is 5.88. The molecule has 1 aromatic rings. The van der Waals surface area contributed by atoms with Gasteiger partial charge in [0.25, 0.3) is 0 Å². The van der Waals surface area contributed by atoms with Crippen LogP contribution < -0.4 is 10.5 Å².